The van der Waals surface area contributed by atoms with Crippen molar-refractivity contribution in [3.05, 3.63) is 57.1 Å². The van der Waals surface area contributed by atoms with E-state index < -0.39 is 0 Å². The molecule has 0 unspecified atom stereocenters. The third-order valence-electron chi connectivity index (χ3n) is 2.71. The highest BCUT2D eigenvalue weighted by Crippen LogP contribution is 2.30. The maximum atomic E-state index is 8.81. The second-order valence-corrected chi connectivity index (χ2v) is 5.01. The molecular weight excluding hydrogens is 281 g/mol. The van der Waals surface area contributed by atoms with E-state index >= 15 is 0 Å². The Kier molecular flexibility index (Phi) is 3.99. The molecule has 2 aromatic rings. The van der Waals surface area contributed by atoms with E-state index in [9.17, 15) is 0 Å². The zero-order valence-electron chi connectivity index (χ0n) is 10.5. The number of hydrogen-bond donors (Lipinski definition) is 0. The fourth-order valence-electron chi connectivity index (χ4n) is 1.75. The van der Waals surface area contributed by atoms with Crippen molar-refractivity contribution in [3.63, 3.8) is 0 Å². The molecule has 2 rings (SSSR count). The smallest absolute Gasteiger partial charge is 0.129 e. The van der Waals surface area contributed by atoms with Gasteiger partial charge in [0.15, 0.2) is 0 Å². The monoisotopic (exact) mass is 291 g/mol. The lowest BCUT2D eigenvalue weighted by molar-refractivity contribution is 0.482. The Morgan fingerprint density at radius 3 is 2.16 bits per heavy atom. The molecule has 2 nitrogen and oxygen atoms in total. The third-order valence-corrected chi connectivity index (χ3v) is 3.62. The van der Waals surface area contributed by atoms with Crippen molar-refractivity contribution in [1.29, 1.82) is 5.26 Å². The molecule has 0 aliphatic rings. The molecule has 0 atom stereocenters. The Bertz CT molecular complexity index is 651. The molecule has 96 valence electrons. The van der Waals surface area contributed by atoms with E-state index in [2.05, 4.69) is 0 Å². The average molecular weight is 292 g/mol. The van der Waals surface area contributed by atoms with E-state index in [0.29, 0.717) is 22.1 Å². The van der Waals surface area contributed by atoms with Gasteiger partial charge in [0.05, 0.1) is 10.6 Å². The van der Waals surface area contributed by atoms with Crippen molar-refractivity contribution in [2.45, 2.75) is 13.8 Å². The van der Waals surface area contributed by atoms with E-state index in [-0.39, 0.29) is 0 Å². The van der Waals surface area contributed by atoms with Crippen molar-refractivity contribution in [1.82, 2.24) is 0 Å². The number of hydrogen-bond acceptors (Lipinski definition) is 2. The van der Waals surface area contributed by atoms with E-state index in [1.807, 2.05) is 32.0 Å². The fourth-order valence-corrected chi connectivity index (χ4v) is 2.07. The van der Waals surface area contributed by atoms with Gasteiger partial charge in [0.2, 0.25) is 0 Å². The van der Waals surface area contributed by atoms with Crippen molar-refractivity contribution >= 4 is 23.2 Å². The van der Waals surface area contributed by atoms with Gasteiger partial charge >= 0.3 is 0 Å². The first-order valence-corrected chi connectivity index (χ1v) is 6.41. The van der Waals surface area contributed by atoms with Gasteiger partial charge in [0.25, 0.3) is 0 Å². The van der Waals surface area contributed by atoms with E-state index in [1.165, 1.54) is 0 Å². The summed E-state index contributed by atoms with van der Waals surface area (Å²) in [5.41, 5.74) is 2.34. The molecule has 0 aliphatic heterocycles. The molecule has 0 bridgehead atoms. The summed E-state index contributed by atoms with van der Waals surface area (Å²) in [6.07, 6.45) is 0. The number of nitriles is 1. The lowest BCUT2D eigenvalue weighted by atomic mass is 10.1. The van der Waals surface area contributed by atoms with Crippen LogP contribution in [0.3, 0.4) is 0 Å². The normalized spacial score (nSPS) is 10.1. The Morgan fingerprint density at radius 1 is 1.00 bits per heavy atom. The van der Waals surface area contributed by atoms with Crippen LogP contribution in [0.2, 0.25) is 10.0 Å². The van der Waals surface area contributed by atoms with Crippen LogP contribution in [-0.4, -0.2) is 0 Å². The van der Waals surface area contributed by atoms with Crippen LogP contribution >= 0.6 is 23.2 Å². The van der Waals surface area contributed by atoms with Gasteiger partial charge in [-0.25, -0.2) is 0 Å². The summed E-state index contributed by atoms with van der Waals surface area (Å²) < 4.78 is 5.72. The largest absolute Gasteiger partial charge is 0.457 e. The minimum atomic E-state index is 0.377. The van der Waals surface area contributed by atoms with Crippen molar-refractivity contribution in [3.8, 4) is 17.6 Å². The molecule has 0 radical (unpaired) electrons. The SMILES string of the molecule is Cc1cc(Oc2ccc(C#N)c(Cl)c2)cc(C)c1Cl. The average Bonchev–Trinajstić information content (AvgIpc) is 2.36. The summed E-state index contributed by atoms with van der Waals surface area (Å²) in [7, 11) is 0. The van der Waals surface area contributed by atoms with Crippen LogP contribution in [0.25, 0.3) is 0 Å². The van der Waals surface area contributed by atoms with Gasteiger partial charge < -0.3 is 4.74 Å². The molecule has 0 saturated heterocycles. The number of rotatable bonds is 2. The summed E-state index contributed by atoms with van der Waals surface area (Å²) in [5.74, 6) is 1.28. The number of benzene rings is 2. The molecule has 0 heterocycles. The number of halogens is 2. The molecule has 0 aliphatic carbocycles. The summed E-state index contributed by atoms with van der Waals surface area (Å²) in [6, 6.07) is 10.7. The summed E-state index contributed by atoms with van der Waals surface area (Å²) in [6.45, 7) is 3.85. The van der Waals surface area contributed by atoms with Gasteiger partial charge in [0, 0.05) is 11.1 Å². The molecule has 0 amide bonds. The van der Waals surface area contributed by atoms with Crippen LogP contribution in [0.4, 0.5) is 0 Å². The first-order chi connectivity index (χ1) is 9.01. The highest BCUT2D eigenvalue weighted by Gasteiger charge is 2.06. The van der Waals surface area contributed by atoms with Crippen LogP contribution in [0.1, 0.15) is 16.7 Å². The van der Waals surface area contributed by atoms with Gasteiger partial charge in [0.1, 0.15) is 17.6 Å². The zero-order valence-corrected chi connectivity index (χ0v) is 12.0. The lowest BCUT2D eigenvalue weighted by Crippen LogP contribution is -1.89. The van der Waals surface area contributed by atoms with E-state index in [4.69, 9.17) is 33.2 Å². The predicted molar refractivity (Wildman–Crippen MR) is 77.2 cm³/mol. The molecular formula is C15H11Cl2NO. The maximum absolute atomic E-state index is 8.81. The first-order valence-electron chi connectivity index (χ1n) is 5.65. The fraction of sp³-hybridized carbons (Fsp3) is 0.133. The minimum absolute atomic E-state index is 0.377. The van der Waals surface area contributed by atoms with Crippen molar-refractivity contribution < 1.29 is 4.74 Å². The quantitative estimate of drug-likeness (QED) is 0.755. The molecule has 0 fully saturated rings. The molecule has 4 heteroatoms. The van der Waals surface area contributed by atoms with Crippen LogP contribution in [0.15, 0.2) is 30.3 Å². The van der Waals surface area contributed by atoms with Crippen molar-refractivity contribution in [2.24, 2.45) is 0 Å². The van der Waals surface area contributed by atoms with Crippen molar-refractivity contribution in [2.75, 3.05) is 0 Å². The van der Waals surface area contributed by atoms with Gasteiger partial charge in [-0.05, 0) is 49.2 Å². The van der Waals surface area contributed by atoms with Gasteiger partial charge in [-0.1, -0.05) is 23.2 Å². The number of nitrogens with zero attached hydrogens (tertiary/aromatic N) is 1. The Morgan fingerprint density at radius 2 is 1.63 bits per heavy atom. The molecule has 19 heavy (non-hydrogen) atoms. The van der Waals surface area contributed by atoms with Gasteiger partial charge in [-0.2, -0.15) is 5.26 Å². The van der Waals surface area contributed by atoms with E-state index in [0.717, 1.165) is 16.1 Å². The first kappa shape index (κ1) is 13.7. The highest BCUT2D eigenvalue weighted by molar-refractivity contribution is 6.32. The maximum Gasteiger partial charge on any atom is 0.129 e. The lowest BCUT2D eigenvalue weighted by Gasteiger charge is -2.10. The van der Waals surface area contributed by atoms with Gasteiger partial charge in [-0.15, -0.1) is 0 Å². The summed E-state index contributed by atoms with van der Waals surface area (Å²) in [4.78, 5) is 0. The van der Waals surface area contributed by atoms with Gasteiger partial charge in [-0.3, -0.25) is 0 Å². The highest BCUT2D eigenvalue weighted by atomic mass is 35.5. The van der Waals surface area contributed by atoms with Crippen LogP contribution in [-0.2, 0) is 0 Å². The van der Waals surface area contributed by atoms with E-state index in [1.54, 1.807) is 18.2 Å². The second-order valence-electron chi connectivity index (χ2n) is 4.23. The standard InChI is InChI=1S/C15H11Cl2NO/c1-9-5-13(6-10(2)15(9)17)19-12-4-3-11(8-18)14(16)7-12/h3-7H,1-2H3. The summed E-state index contributed by atoms with van der Waals surface area (Å²) in [5, 5.41) is 9.93. The number of ether oxygens (including phenoxy) is 1. The summed E-state index contributed by atoms with van der Waals surface area (Å²) >= 11 is 12.1. The molecule has 2 aromatic carbocycles. The molecule has 0 N–H and O–H groups in total. The Labute approximate surface area is 122 Å². The Balaban J connectivity index is 2.32. The van der Waals surface area contributed by atoms with Crippen LogP contribution in [0.5, 0.6) is 11.5 Å². The zero-order chi connectivity index (χ0) is 14.0. The predicted octanol–water partition coefficient (Wildman–Crippen LogP) is 5.27. The van der Waals surface area contributed by atoms with Crippen LogP contribution in [0, 0.1) is 25.2 Å². The second kappa shape index (κ2) is 5.52. The molecule has 0 spiro atoms. The molecule has 0 saturated carbocycles. The topological polar surface area (TPSA) is 33.0 Å². The minimum Gasteiger partial charge on any atom is -0.457 e. The Hall–Kier alpha value is -1.69. The number of aryl methyl sites for hydroxylation is 2. The van der Waals surface area contributed by atoms with Crippen LogP contribution < -0.4 is 4.74 Å². The third kappa shape index (κ3) is 3.01. The molecule has 0 aromatic heterocycles.